The molecule has 0 bridgehead atoms. The second-order valence-electron chi connectivity index (χ2n) is 4.73. The summed E-state index contributed by atoms with van der Waals surface area (Å²) < 4.78 is 5.12. The van der Waals surface area contributed by atoms with Gasteiger partial charge >= 0.3 is 0 Å². The number of hydrogen-bond donors (Lipinski definition) is 0. The molecule has 0 saturated heterocycles. The van der Waals surface area contributed by atoms with Crippen LogP contribution in [0, 0.1) is 0 Å². The van der Waals surface area contributed by atoms with Crippen LogP contribution in [0.15, 0.2) is 24.3 Å². The van der Waals surface area contributed by atoms with Crippen molar-refractivity contribution < 1.29 is 9.53 Å². The van der Waals surface area contributed by atoms with E-state index in [1.54, 1.807) is 7.11 Å². The largest absolute Gasteiger partial charge is 0.497 e. The van der Waals surface area contributed by atoms with Crippen LogP contribution in [0.25, 0.3) is 0 Å². The number of ether oxygens (including phenoxy) is 1. The molecule has 0 aliphatic heterocycles. The van der Waals surface area contributed by atoms with Gasteiger partial charge in [0.15, 0.2) is 0 Å². The van der Waals surface area contributed by atoms with Crippen LogP contribution in [-0.2, 0) is 11.2 Å². The third-order valence-electron chi connectivity index (χ3n) is 3.13. The van der Waals surface area contributed by atoms with Crippen LogP contribution >= 0.6 is 0 Å². The number of carbonyl (C=O) groups is 1. The molecule has 0 aliphatic carbocycles. The van der Waals surface area contributed by atoms with Crippen molar-refractivity contribution in [2.24, 2.45) is 0 Å². The Hall–Kier alpha value is -1.51. The van der Waals surface area contributed by atoms with E-state index >= 15 is 0 Å². The zero-order valence-corrected chi connectivity index (χ0v) is 12.3. The fourth-order valence-corrected chi connectivity index (χ4v) is 2.10. The maximum absolute atomic E-state index is 12.1. The molecule has 0 N–H and O–H groups in total. The first kappa shape index (κ1) is 15.5. The summed E-state index contributed by atoms with van der Waals surface area (Å²) in [4.78, 5) is 14.1. The smallest absolute Gasteiger partial charge is 0.222 e. The van der Waals surface area contributed by atoms with Gasteiger partial charge in [-0.1, -0.05) is 26.0 Å². The average molecular weight is 263 g/mol. The van der Waals surface area contributed by atoms with Crippen molar-refractivity contribution in [1.82, 2.24) is 4.90 Å². The number of rotatable bonds is 8. The van der Waals surface area contributed by atoms with Gasteiger partial charge in [0.1, 0.15) is 5.75 Å². The fraction of sp³-hybridized carbons (Fsp3) is 0.562. The molecule has 0 aromatic heterocycles. The van der Waals surface area contributed by atoms with Gasteiger partial charge in [0.25, 0.3) is 0 Å². The van der Waals surface area contributed by atoms with Crippen LogP contribution in [0.1, 0.15) is 38.7 Å². The van der Waals surface area contributed by atoms with Crippen LogP contribution in [-0.4, -0.2) is 31.0 Å². The predicted molar refractivity (Wildman–Crippen MR) is 78.5 cm³/mol. The lowest BCUT2D eigenvalue weighted by molar-refractivity contribution is -0.131. The summed E-state index contributed by atoms with van der Waals surface area (Å²) in [5.74, 6) is 1.12. The molecule has 19 heavy (non-hydrogen) atoms. The highest BCUT2D eigenvalue weighted by Crippen LogP contribution is 2.13. The summed E-state index contributed by atoms with van der Waals surface area (Å²) in [5.41, 5.74) is 1.18. The summed E-state index contributed by atoms with van der Waals surface area (Å²) in [6.45, 7) is 5.96. The Morgan fingerprint density at radius 1 is 1.11 bits per heavy atom. The van der Waals surface area contributed by atoms with Crippen molar-refractivity contribution in [2.45, 2.75) is 39.5 Å². The Bertz CT molecular complexity index is 367. The first-order chi connectivity index (χ1) is 9.21. The van der Waals surface area contributed by atoms with Gasteiger partial charge in [-0.15, -0.1) is 0 Å². The zero-order valence-electron chi connectivity index (χ0n) is 12.3. The molecule has 0 aliphatic rings. The minimum atomic E-state index is 0.263. The first-order valence-corrected chi connectivity index (χ1v) is 7.12. The van der Waals surface area contributed by atoms with Crippen LogP contribution in [0.4, 0.5) is 0 Å². The lowest BCUT2D eigenvalue weighted by Gasteiger charge is -2.21. The van der Waals surface area contributed by atoms with E-state index in [4.69, 9.17) is 4.74 Å². The summed E-state index contributed by atoms with van der Waals surface area (Å²) in [5, 5.41) is 0. The molecule has 3 nitrogen and oxygen atoms in total. The molecule has 106 valence electrons. The van der Waals surface area contributed by atoms with Gasteiger partial charge in [-0.05, 0) is 37.0 Å². The highest BCUT2D eigenvalue weighted by Gasteiger charge is 2.11. The minimum Gasteiger partial charge on any atom is -0.497 e. The van der Waals surface area contributed by atoms with Crippen LogP contribution in [0.2, 0.25) is 0 Å². The summed E-state index contributed by atoms with van der Waals surface area (Å²) in [6.07, 6.45) is 3.43. The lowest BCUT2D eigenvalue weighted by Crippen LogP contribution is -2.32. The van der Waals surface area contributed by atoms with Gasteiger partial charge in [-0.2, -0.15) is 0 Å². The van der Waals surface area contributed by atoms with Gasteiger partial charge in [0, 0.05) is 19.5 Å². The van der Waals surface area contributed by atoms with E-state index in [1.165, 1.54) is 5.56 Å². The number of hydrogen-bond acceptors (Lipinski definition) is 2. The van der Waals surface area contributed by atoms with E-state index in [2.05, 4.69) is 13.8 Å². The van der Waals surface area contributed by atoms with Gasteiger partial charge in [0.2, 0.25) is 5.91 Å². The van der Waals surface area contributed by atoms with E-state index < -0.39 is 0 Å². The van der Waals surface area contributed by atoms with E-state index in [1.807, 2.05) is 29.2 Å². The lowest BCUT2D eigenvalue weighted by atomic mass is 10.1. The molecule has 0 heterocycles. The molecule has 0 saturated carbocycles. The van der Waals surface area contributed by atoms with Crippen LogP contribution in [0.3, 0.4) is 0 Å². The average Bonchev–Trinajstić information content (AvgIpc) is 2.45. The van der Waals surface area contributed by atoms with Crippen molar-refractivity contribution in [3.05, 3.63) is 29.8 Å². The number of methoxy groups -OCH3 is 1. The van der Waals surface area contributed by atoms with Crippen molar-refractivity contribution >= 4 is 5.91 Å². The fourth-order valence-electron chi connectivity index (χ4n) is 2.10. The van der Waals surface area contributed by atoms with Crippen LogP contribution in [0.5, 0.6) is 5.75 Å². The molecule has 1 aromatic rings. The molecular formula is C16H25NO2. The molecule has 3 heteroatoms. The molecule has 0 atom stereocenters. The summed E-state index contributed by atoms with van der Waals surface area (Å²) >= 11 is 0. The normalized spacial score (nSPS) is 10.3. The quantitative estimate of drug-likeness (QED) is 0.720. The van der Waals surface area contributed by atoms with Crippen molar-refractivity contribution in [3.63, 3.8) is 0 Å². The number of benzene rings is 1. The maximum Gasteiger partial charge on any atom is 0.222 e. The van der Waals surface area contributed by atoms with Crippen LogP contribution < -0.4 is 4.74 Å². The van der Waals surface area contributed by atoms with Gasteiger partial charge in [-0.25, -0.2) is 0 Å². The second-order valence-corrected chi connectivity index (χ2v) is 4.73. The Kier molecular flexibility index (Phi) is 7.01. The Labute approximate surface area is 116 Å². The number of amides is 1. The first-order valence-electron chi connectivity index (χ1n) is 7.12. The summed E-state index contributed by atoms with van der Waals surface area (Å²) in [6, 6.07) is 7.93. The number of aryl methyl sites for hydroxylation is 1. The predicted octanol–water partition coefficient (Wildman–Crippen LogP) is 3.28. The SMILES string of the molecule is CCCN(CCC)C(=O)CCc1ccc(OC)cc1. The topological polar surface area (TPSA) is 29.5 Å². The van der Waals surface area contributed by atoms with Crippen molar-refractivity contribution in [3.8, 4) is 5.75 Å². The molecule has 0 spiro atoms. The Balaban J connectivity index is 2.46. The monoisotopic (exact) mass is 263 g/mol. The number of nitrogens with zero attached hydrogens (tertiary/aromatic N) is 1. The third-order valence-corrected chi connectivity index (χ3v) is 3.13. The van der Waals surface area contributed by atoms with Gasteiger partial charge in [0.05, 0.1) is 7.11 Å². The van der Waals surface area contributed by atoms with E-state index in [0.29, 0.717) is 6.42 Å². The van der Waals surface area contributed by atoms with E-state index in [9.17, 15) is 4.79 Å². The van der Waals surface area contributed by atoms with Gasteiger partial charge in [-0.3, -0.25) is 4.79 Å². The highest BCUT2D eigenvalue weighted by atomic mass is 16.5. The summed E-state index contributed by atoms with van der Waals surface area (Å²) in [7, 11) is 1.66. The van der Waals surface area contributed by atoms with Crippen molar-refractivity contribution in [2.75, 3.05) is 20.2 Å². The zero-order chi connectivity index (χ0) is 14.1. The van der Waals surface area contributed by atoms with Crippen molar-refractivity contribution in [1.29, 1.82) is 0 Å². The number of carbonyl (C=O) groups excluding carboxylic acids is 1. The second kappa shape index (κ2) is 8.57. The highest BCUT2D eigenvalue weighted by molar-refractivity contribution is 5.76. The molecular weight excluding hydrogens is 238 g/mol. The molecule has 1 rings (SSSR count). The van der Waals surface area contributed by atoms with Gasteiger partial charge < -0.3 is 9.64 Å². The molecule has 1 aromatic carbocycles. The standard InChI is InChI=1S/C16H25NO2/c1-4-12-17(13-5-2)16(18)11-8-14-6-9-15(19-3)10-7-14/h6-7,9-10H,4-5,8,11-13H2,1-3H3. The molecule has 0 fully saturated rings. The third kappa shape index (κ3) is 5.33. The molecule has 0 radical (unpaired) electrons. The van der Waals surface area contributed by atoms with E-state index in [0.717, 1.165) is 38.1 Å². The Morgan fingerprint density at radius 2 is 1.68 bits per heavy atom. The molecule has 0 unspecified atom stereocenters. The minimum absolute atomic E-state index is 0.263. The Morgan fingerprint density at radius 3 is 2.16 bits per heavy atom. The molecule has 1 amide bonds. The maximum atomic E-state index is 12.1. The van der Waals surface area contributed by atoms with E-state index in [-0.39, 0.29) is 5.91 Å².